The van der Waals surface area contributed by atoms with Gasteiger partial charge < -0.3 is 10.2 Å². The van der Waals surface area contributed by atoms with E-state index in [0.29, 0.717) is 30.2 Å². The Morgan fingerprint density at radius 1 is 1.15 bits per heavy atom. The van der Waals surface area contributed by atoms with Gasteiger partial charge in [-0.05, 0) is 50.5 Å². The Kier molecular flexibility index (Phi) is 6.17. The second-order valence-electron chi connectivity index (χ2n) is 7.28. The van der Waals surface area contributed by atoms with Crippen LogP contribution in [0.1, 0.15) is 39.9 Å². The van der Waals surface area contributed by atoms with Crippen molar-refractivity contribution in [3.8, 4) is 0 Å². The number of benzene rings is 2. The molecule has 1 aliphatic rings. The van der Waals surface area contributed by atoms with Crippen LogP contribution in [0.4, 0.5) is 0 Å². The first-order valence-corrected chi connectivity index (χ1v) is 9.70. The summed E-state index contributed by atoms with van der Waals surface area (Å²) in [6.07, 6.45) is 1.63. The van der Waals surface area contributed by atoms with Crippen LogP contribution < -0.4 is 5.32 Å². The van der Waals surface area contributed by atoms with Gasteiger partial charge in [0.1, 0.15) is 0 Å². The van der Waals surface area contributed by atoms with Crippen molar-refractivity contribution in [3.05, 3.63) is 69.7 Å². The Hall–Kier alpha value is -2.33. The summed E-state index contributed by atoms with van der Waals surface area (Å²) >= 11 is 6.15. The molecule has 0 aliphatic carbocycles. The summed E-state index contributed by atoms with van der Waals surface area (Å²) in [5.41, 5.74) is 3.74. The lowest BCUT2D eigenvalue weighted by atomic mass is 9.96. The molecule has 0 radical (unpaired) electrons. The fourth-order valence-corrected chi connectivity index (χ4v) is 3.83. The molecule has 1 aliphatic heterocycles. The second kappa shape index (κ2) is 8.57. The maximum absolute atomic E-state index is 12.9. The molecule has 4 nitrogen and oxygen atoms in total. The van der Waals surface area contributed by atoms with E-state index in [2.05, 4.69) is 11.4 Å². The number of carbonyl (C=O) groups excluding carboxylic acids is 2. The van der Waals surface area contributed by atoms with Gasteiger partial charge in [-0.1, -0.05) is 47.0 Å². The van der Waals surface area contributed by atoms with Crippen LogP contribution >= 0.6 is 11.6 Å². The third-order valence-electron chi connectivity index (χ3n) is 4.96. The van der Waals surface area contributed by atoms with Crippen molar-refractivity contribution >= 4 is 23.4 Å². The molecule has 0 bridgehead atoms. The fourth-order valence-electron chi connectivity index (χ4n) is 3.62. The summed E-state index contributed by atoms with van der Waals surface area (Å²) in [7, 11) is 0. The summed E-state index contributed by atoms with van der Waals surface area (Å²) in [5, 5.41) is 3.61. The van der Waals surface area contributed by atoms with Crippen LogP contribution in [-0.4, -0.2) is 29.8 Å². The van der Waals surface area contributed by atoms with Crippen LogP contribution in [-0.2, 0) is 11.3 Å². The first kappa shape index (κ1) is 19.4. The number of hydrogen-bond acceptors (Lipinski definition) is 2. The van der Waals surface area contributed by atoms with Gasteiger partial charge in [-0.3, -0.25) is 9.59 Å². The Labute approximate surface area is 165 Å². The summed E-state index contributed by atoms with van der Waals surface area (Å²) < 4.78 is 0. The predicted molar refractivity (Wildman–Crippen MR) is 108 cm³/mol. The van der Waals surface area contributed by atoms with Crippen LogP contribution in [0.5, 0.6) is 0 Å². The zero-order valence-corrected chi connectivity index (χ0v) is 16.6. The van der Waals surface area contributed by atoms with E-state index in [0.717, 1.165) is 29.5 Å². The fraction of sp³-hybridized carbons (Fsp3) is 0.364. The van der Waals surface area contributed by atoms with Crippen molar-refractivity contribution in [2.75, 3.05) is 13.1 Å². The standard InChI is InChI=1S/C22H25ClN2O2/c1-15-10-16(2)12-19(11-15)22(27)25-9-5-7-18(14-25)21(26)24-13-17-6-3-4-8-20(17)23/h3-4,6,8,10-12,18H,5,7,9,13-14H2,1-2H3,(H,24,26). The predicted octanol–water partition coefficient (Wildman–Crippen LogP) is 4.13. The van der Waals surface area contributed by atoms with Crippen LogP contribution in [0.15, 0.2) is 42.5 Å². The molecule has 3 rings (SSSR count). The highest BCUT2D eigenvalue weighted by molar-refractivity contribution is 6.31. The minimum absolute atomic E-state index is 0.00500. The molecule has 0 aromatic heterocycles. The second-order valence-corrected chi connectivity index (χ2v) is 7.68. The van der Waals surface area contributed by atoms with E-state index in [1.54, 1.807) is 4.90 Å². The molecule has 142 valence electrons. The van der Waals surface area contributed by atoms with Crippen LogP contribution in [0.3, 0.4) is 0 Å². The highest BCUT2D eigenvalue weighted by Crippen LogP contribution is 2.21. The number of hydrogen-bond donors (Lipinski definition) is 1. The third-order valence-corrected chi connectivity index (χ3v) is 5.33. The average Bonchev–Trinajstić information content (AvgIpc) is 2.66. The Morgan fingerprint density at radius 2 is 1.85 bits per heavy atom. The molecule has 0 saturated carbocycles. The van der Waals surface area contributed by atoms with Crippen molar-refractivity contribution in [2.24, 2.45) is 5.92 Å². The van der Waals surface area contributed by atoms with Crippen LogP contribution in [0, 0.1) is 19.8 Å². The van der Waals surface area contributed by atoms with Gasteiger partial charge in [0.05, 0.1) is 5.92 Å². The topological polar surface area (TPSA) is 49.4 Å². The molecule has 2 aromatic carbocycles. The van der Waals surface area contributed by atoms with Gasteiger partial charge in [0.15, 0.2) is 0 Å². The van der Waals surface area contributed by atoms with Gasteiger partial charge in [0.25, 0.3) is 5.91 Å². The number of piperidine rings is 1. The Balaban J connectivity index is 1.62. The summed E-state index contributed by atoms with van der Waals surface area (Å²) in [6.45, 7) is 5.54. The number of amides is 2. The number of carbonyl (C=O) groups is 2. The Bertz CT molecular complexity index is 830. The highest BCUT2D eigenvalue weighted by Gasteiger charge is 2.29. The molecule has 1 fully saturated rings. The molecule has 1 saturated heterocycles. The highest BCUT2D eigenvalue weighted by atomic mass is 35.5. The largest absolute Gasteiger partial charge is 0.352 e. The number of likely N-dealkylation sites (tertiary alicyclic amines) is 1. The van der Waals surface area contributed by atoms with E-state index in [-0.39, 0.29) is 17.7 Å². The lowest BCUT2D eigenvalue weighted by Crippen LogP contribution is -2.45. The average molecular weight is 385 g/mol. The monoisotopic (exact) mass is 384 g/mol. The first-order chi connectivity index (χ1) is 12.9. The number of nitrogens with zero attached hydrogens (tertiary/aromatic N) is 1. The smallest absolute Gasteiger partial charge is 0.253 e. The first-order valence-electron chi connectivity index (χ1n) is 9.32. The zero-order chi connectivity index (χ0) is 19.4. The van der Waals surface area contributed by atoms with E-state index < -0.39 is 0 Å². The SMILES string of the molecule is Cc1cc(C)cc(C(=O)N2CCCC(C(=O)NCc3ccccc3Cl)C2)c1. The van der Waals surface area contributed by atoms with E-state index in [1.165, 1.54) is 0 Å². The van der Waals surface area contributed by atoms with Crippen LogP contribution in [0.25, 0.3) is 0 Å². The van der Waals surface area contributed by atoms with Gasteiger partial charge in [-0.2, -0.15) is 0 Å². The quantitative estimate of drug-likeness (QED) is 0.861. The van der Waals surface area contributed by atoms with Crippen molar-refractivity contribution in [1.29, 1.82) is 0 Å². The van der Waals surface area contributed by atoms with E-state index >= 15 is 0 Å². The molecule has 1 unspecified atom stereocenters. The molecular weight excluding hydrogens is 360 g/mol. The van der Waals surface area contributed by atoms with E-state index in [4.69, 9.17) is 11.6 Å². The van der Waals surface area contributed by atoms with Gasteiger partial charge >= 0.3 is 0 Å². The van der Waals surface area contributed by atoms with Crippen molar-refractivity contribution in [1.82, 2.24) is 10.2 Å². The van der Waals surface area contributed by atoms with Gasteiger partial charge in [-0.25, -0.2) is 0 Å². The molecule has 27 heavy (non-hydrogen) atoms. The number of halogens is 1. The maximum atomic E-state index is 12.9. The van der Waals surface area contributed by atoms with Gasteiger partial charge in [0.2, 0.25) is 5.91 Å². The minimum atomic E-state index is -0.184. The third kappa shape index (κ3) is 4.89. The number of nitrogens with one attached hydrogen (secondary N) is 1. The molecule has 5 heteroatoms. The van der Waals surface area contributed by atoms with Gasteiger partial charge in [-0.15, -0.1) is 0 Å². The minimum Gasteiger partial charge on any atom is -0.352 e. The summed E-state index contributed by atoms with van der Waals surface area (Å²) in [4.78, 5) is 27.3. The van der Waals surface area contributed by atoms with Crippen molar-refractivity contribution < 1.29 is 9.59 Å². The lowest BCUT2D eigenvalue weighted by Gasteiger charge is -2.32. The zero-order valence-electron chi connectivity index (χ0n) is 15.8. The van der Waals surface area contributed by atoms with Crippen LogP contribution in [0.2, 0.25) is 5.02 Å². The Morgan fingerprint density at radius 3 is 2.56 bits per heavy atom. The molecule has 0 spiro atoms. The normalized spacial score (nSPS) is 16.9. The maximum Gasteiger partial charge on any atom is 0.253 e. The summed E-state index contributed by atoms with van der Waals surface area (Å²) in [5.74, 6) is -0.200. The van der Waals surface area contributed by atoms with E-state index in [9.17, 15) is 9.59 Å². The van der Waals surface area contributed by atoms with Gasteiger partial charge in [0, 0.05) is 30.2 Å². The number of aryl methyl sites for hydroxylation is 2. The summed E-state index contributed by atoms with van der Waals surface area (Å²) in [6, 6.07) is 13.4. The van der Waals surface area contributed by atoms with Crippen molar-refractivity contribution in [2.45, 2.75) is 33.2 Å². The molecule has 2 aromatic rings. The molecule has 2 amide bonds. The number of rotatable bonds is 4. The van der Waals surface area contributed by atoms with Crippen molar-refractivity contribution in [3.63, 3.8) is 0 Å². The lowest BCUT2D eigenvalue weighted by molar-refractivity contribution is -0.126. The molecular formula is C22H25ClN2O2. The molecule has 1 heterocycles. The molecule has 1 atom stereocenters. The van der Waals surface area contributed by atoms with E-state index in [1.807, 2.05) is 50.2 Å². The molecule has 1 N–H and O–H groups in total.